The standard InChI is InChI=1S/C25H34ClN3O2/c1-19(18-25(2,3)4)17-23(30)27-15-8-16-29(22-9-6-5-7-10-22)24(31)28-21-13-11-20(26)12-14-21/h5-7,9-14,19H,8,15-18H2,1-4H3,(H,27,30)(H,28,31). The van der Waals surface area contributed by atoms with Crippen molar-refractivity contribution in [1.29, 1.82) is 0 Å². The van der Waals surface area contributed by atoms with E-state index in [1.54, 1.807) is 29.2 Å². The molecule has 0 aromatic heterocycles. The van der Waals surface area contributed by atoms with Crippen LogP contribution < -0.4 is 15.5 Å². The van der Waals surface area contributed by atoms with Crippen LogP contribution in [0, 0.1) is 11.3 Å². The number of carbonyl (C=O) groups excluding carboxylic acids is 2. The van der Waals surface area contributed by atoms with Gasteiger partial charge in [-0.05, 0) is 60.6 Å². The Morgan fingerprint density at radius 1 is 1.03 bits per heavy atom. The van der Waals surface area contributed by atoms with E-state index >= 15 is 0 Å². The number of nitrogens with one attached hydrogen (secondary N) is 2. The minimum absolute atomic E-state index is 0.0635. The van der Waals surface area contributed by atoms with Crippen molar-refractivity contribution in [1.82, 2.24) is 5.32 Å². The van der Waals surface area contributed by atoms with Gasteiger partial charge in [0.2, 0.25) is 5.91 Å². The van der Waals surface area contributed by atoms with E-state index in [1.807, 2.05) is 30.3 Å². The highest BCUT2D eigenvalue weighted by Crippen LogP contribution is 2.25. The molecule has 0 aliphatic carbocycles. The van der Waals surface area contributed by atoms with Crippen molar-refractivity contribution in [3.63, 3.8) is 0 Å². The molecule has 6 heteroatoms. The Bertz CT molecular complexity index is 832. The van der Waals surface area contributed by atoms with E-state index in [2.05, 4.69) is 38.3 Å². The van der Waals surface area contributed by atoms with Gasteiger partial charge in [-0.25, -0.2) is 4.79 Å². The first-order chi connectivity index (χ1) is 14.6. The molecule has 0 heterocycles. The highest BCUT2D eigenvalue weighted by atomic mass is 35.5. The highest BCUT2D eigenvalue weighted by molar-refractivity contribution is 6.30. The molecule has 3 amide bonds. The fraction of sp³-hybridized carbons (Fsp3) is 0.440. The van der Waals surface area contributed by atoms with Crippen LogP contribution in [0.1, 0.15) is 47.0 Å². The Hall–Kier alpha value is -2.53. The molecule has 1 atom stereocenters. The van der Waals surface area contributed by atoms with Crippen molar-refractivity contribution in [2.24, 2.45) is 11.3 Å². The minimum atomic E-state index is -0.223. The first-order valence-electron chi connectivity index (χ1n) is 10.8. The van der Waals surface area contributed by atoms with Crippen LogP contribution in [0.15, 0.2) is 54.6 Å². The van der Waals surface area contributed by atoms with Gasteiger partial charge in [0.25, 0.3) is 0 Å². The summed E-state index contributed by atoms with van der Waals surface area (Å²) in [6.45, 7) is 9.70. The second-order valence-electron chi connectivity index (χ2n) is 9.20. The largest absolute Gasteiger partial charge is 0.356 e. The summed E-state index contributed by atoms with van der Waals surface area (Å²) in [7, 11) is 0. The molecule has 31 heavy (non-hydrogen) atoms. The monoisotopic (exact) mass is 443 g/mol. The van der Waals surface area contributed by atoms with Crippen LogP contribution in [-0.4, -0.2) is 25.0 Å². The topological polar surface area (TPSA) is 61.4 Å². The maximum Gasteiger partial charge on any atom is 0.326 e. The van der Waals surface area contributed by atoms with Gasteiger partial charge >= 0.3 is 6.03 Å². The summed E-state index contributed by atoms with van der Waals surface area (Å²) in [4.78, 5) is 26.8. The van der Waals surface area contributed by atoms with Gasteiger partial charge in [-0.3, -0.25) is 9.69 Å². The van der Waals surface area contributed by atoms with Crippen LogP contribution in [-0.2, 0) is 4.79 Å². The van der Waals surface area contributed by atoms with Crippen molar-refractivity contribution in [3.8, 4) is 0 Å². The zero-order valence-electron chi connectivity index (χ0n) is 19.0. The fourth-order valence-corrected chi connectivity index (χ4v) is 3.78. The number of hydrogen-bond donors (Lipinski definition) is 2. The molecule has 0 saturated heterocycles. The van der Waals surface area contributed by atoms with E-state index in [0.717, 1.165) is 12.1 Å². The first kappa shape index (κ1) is 24.7. The average Bonchev–Trinajstić information content (AvgIpc) is 2.68. The van der Waals surface area contributed by atoms with Crippen molar-refractivity contribution >= 4 is 34.9 Å². The Morgan fingerprint density at radius 3 is 2.29 bits per heavy atom. The third-order valence-electron chi connectivity index (χ3n) is 4.78. The van der Waals surface area contributed by atoms with Crippen molar-refractivity contribution < 1.29 is 9.59 Å². The van der Waals surface area contributed by atoms with E-state index in [0.29, 0.717) is 42.6 Å². The van der Waals surface area contributed by atoms with E-state index in [4.69, 9.17) is 11.6 Å². The van der Waals surface area contributed by atoms with Gasteiger partial charge in [-0.1, -0.05) is 57.5 Å². The van der Waals surface area contributed by atoms with E-state index in [-0.39, 0.29) is 17.4 Å². The normalized spacial score (nSPS) is 12.2. The van der Waals surface area contributed by atoms with Gasteiger partial charge in [-0.15, -0.1) is 0 Å². The maximum atomic E-state index is 12.9. The molecule has 0 spiro atoms. The Kier molecular flexibility index (Phi) is 9.38. The quantitative estimate of drug-likeness (QED) is 0.443. The summed E-state index contributed by atoms with van der Waals surface area (Å²) >= 11 is 5.92. The number of benzene rings is 2. The molecule has 0 aliphatic heterocycles. The molecule has 0 radical (unpaired) electrons. The van der Waals surface area contributed by atoms with Gasteiger partial charge in [-0.2, -0.15) is 0 Å². The predicted molar refractivity (Wildman–Crippen MR) is 130 cm³/mol. The number of halogens is 1. The molecule has 168 valence electrons. The van der Waals surface area contributed by atoms with E-state index in [1.165, 1.54) is 0 Å². The number of rotatable bonds is 9. The summed E-state index contributed by atoms with van der Waals surface area (Å²) in [5, 5.41) is 6.51. The minimum Gasteiger partial charge on any atom is -0.356 e. The molecular formula is C25H34ClN3O2. The number of carbonyl (C=O) groups is 2. The Labute approximate surface area is 191 Å². The summed E-state index contributed by atoms with van der Waals surface area (Å²) in [6.07, 6.45) is 2.19. The Morgan fingerprint density at radius 2 is 1.68 bits per heavy atom. The molecule has 2 aromatic rings. The molecule has 1 unspecified atom stereocenters. The van der Waals surface area contributed by atoms with Gasteiger partial charge < -0.3 is 10.6 Å². The van der Waals surface area contributed by atoms with Crippen molar-refractivity contribution in [2.75, 3.05) is 23.3 Å². The number of nitrogens with zero attached hydrogens (tertiary/aromatic N) is 1. The maximum absolute atomic E-state index is 12.9. The molecule has 2 N–H and O–H groups in total. The van der Waals surface area contributed by atoms with Crippen LogP contribution in [0.25, 0.3) is 0 Å². The highest BCUT2D eigenvalue weighted by Gasteiger charge is 2.18. The van der Waals surface area contributed by atoms with E-state index in [9.17, 15) is 9.59 Å². The molecule has 5 nitrogen and oxygen atoms in total. The summed E-state index contributed by atoms with van der Waals surface area (Å²) in [6, 6.07) is 16.3. The SMILES string of the molecule is CC(CC(=O)NCCCN(C(=O)Nc1ccc(Cl)cc1)c1ccccc1)CC(C)(C)C. The van der Waals surface area contributed by atoms with Crippen LogP contribution in [0.3, 0.4) is 0 Å². The number of anilines is 2. The number of urea groups is 1. The molecule has 2 aromatic carbocycles. The van der Waals surface area contributed by atoms with E-state index < -0.39 is 0 Å². The molecule has 2 rings (SSSR count). The predicted octanol–water partition coefficient (Wildman–Crippen LogP) is 6.35. The molecule has 0 saturated carbocycles. The average molecular weight is 444 g/mol. The lowest BCUT2D eigenvalue weighted by Gasteiger charge is -2.24. The van der Waals surface area contributed by atoms with Gasteiger partial charge in [0, 0.05) is 35.9 Å². The lowest BCUT2D eigenvalue weighted by atomic mass is 9.84. The van der Waals surface area contributed by atoms with Gasteiger partial charge in [0.15, 0.2) is 0 Å². The first-order valence-corrected chi connectivity index (χ1v) is 11.2. The summed E-state index contributed by atoms with van der Waals surface area (Å²) in [5.74, 6) is 0.402. The summed E-state index contributed by atoms with van der Waals surface area (Å²) in [5.41, 5.74) is 1.70. The number of hydrogen-bond acceptors (Lipinski definition) is 2. The lowest BCUT2D eigenvalue weighted by Crippen LogP contribution is -2.37. The van der Waals surface area contributed by atoms with Crippen molar-refractivity contribution in [2.45, 2.75) is 47.0 Å². The number of amides is 3. The second-order valence-corrected chi connectivity index (χ2v) is 9.64. The van der Waals surface area contributed by atoms with Crippen LogP contribution in [0.4, 0.5) is 16.2 Å². The van der Waals surface area contributed by atoms with Gasteiger partial charge in [0.05, 0.1) is 0 Å². The van der Waals surface area contributed by atoms with Crippen molar-refractivity contribution in [3.05, 3.63) is 59.6 Å². The molecule has 0 bridgehead atoms. The summed E-state index contributed by atoms with van der Waals surface area (Å²) < 4.78 is 0. The third kappa shape index (κ3) is 9.43. The lowest BCUT2D eigenvalue weighted by molar-refractivity contribution is -0.122. The number of para-hydroxylation sites is 1. The van der Waals surface area contributed by atoms with Crippen LogP contribution in [0.5, 0.6) is 0 Å². The molecule has 0 fully saturated rings. The second kappa shape index (κ2) is 11.8. The van der Waals surface area contributed by atoms with Crippen LogP contribution in [0.2, 0.25) is 5.02 Å². The third-order valence-corrected chi connectivity index (χ3v) is 5.04. The zero-order valence-corrected chi connectivity index (χ0v) is 19.7. The Balaban J connectivity index is 1.88. The fourth-order valence-electron chi connectivity index (χ4n) is 3.65. The molecular weight excluding hydrogens is 410 g/mol. The van der Waals surface area contributed by atoms with Crippen LogP contribution >= 0.6 is 11.6 Å². The van der Waals surface area contributed by atoms with Gasteiger partial charge in [0.1, 0.15) is 0 Å². The zero-order chi connectivity index (χ0) is 22.9. The smallest absolute Gasteiger partial charge is 0.326 e. The molecule has 0 aliphatic rings.